The summed E-state index contributed by atoms with van der Waals surface area (Å²) in [6, 6.07) is -0.592. The number of urea groups is 1. The Kier molecular flexibility index (Phi) is 4.56. The van der Waals surface area contributed by atoms with Gasteiger partial charge in [0.25, 0.3) is 5.91 Å². The first-order chi connectivity index (χ1) is 10.0. The molecule has 0 spiro atoms. The average Bonchev–Trinajstić information content (AvgIpc) is 2.85. The highest BCUT2D eigenvalue weighted by molar-refractivity contribution is 5.98. The molecule has 8 heteroatoms. The molecule has 1 aliphatic heterocycles. The number of hydrogen-bond donors (Lipinski definition) is 3. The lowest BCUT2D eigenvalue weighted by Crippen LogP contribution is -2.50. The topological polar surface area (TPSA) is 101 Å². The zero-order valence-electron chi connectivity index (χ0n) is 12.4. The molecule has 0 saturated heterocycles. The number of nitrogens with zero attached hydrogens (tertiary/aromatic N) is 3. The maximum Gasteiger partial charge on any atom is 0.319 e. The van der Waals surface area contributed by atoms with Gasteiger partial charge in [-0.15, -0.1) is 10.2 Å². The third-order valence-electron chi connectivity index (χ3n) is 3.40. The van der Waals surface area contributed by atoms with E-state index in [1.54, 1.807) is 20.2 Å². The fourth-order valence-corrected chi connectivity index (χ4v) is 2.35. The number of aromatic nitrogens is 3. The Hall–Kier alpha value is -2.38. The maximum absolute atomic E-state index is 12.2. The third-order valence-corrected chi connectivity index (χ3v) is 3.40. The van der Waals surface area contributed by atoms with Crippen molar-refractivity contribution in [3.05, 3.63) is 23.4 Å². The van der Waals surface area contributed by atoms with Crippen molar-refractivity contribution >= 4 is 11.9 Å². The van der Waals surface area contributed by atoms with Crippen LogP contribution in [0.2, 0.25) is 0 Å². The van der Waals surface area contributed by atoms with Crippen molar-refractivity contribution in [3.8, 4) is 0 Å². The molecule has 0 aliphatic carbocycles. The van der Waals surface area contributed by atoms with E-state index in [1.807, 2.05) is 11.5 Å². The van der Waals surface area contributed by atoms with Crippen molar-refractivity contribution < 1.29 is 9.59 Å². The second-order valence-electron chi connectivity index (χ2n) is 4.90. The molecule has 1 aromatic heterocycles. The number of nitrogens with one attached hydrogen (secondary N) is 3. The van der Waals surface area contributed by atoms with Gasteiger partial charge in [0.2, 0.25) is 0 Å². The van der Waals surface area contributed by atoms with Gasteiger partial charge in [0.1, 0.15) is 12.2 Å². The van der Waals surface area contributed by atoms with Crippen molar-refractivity contribution in [3.63, 3.8) is 0 Å². The molecule has 21 heavy (non-hydrogen) atoms. The number of aryl methyl sites for hydroxylation is 1. The number of amides is 3. The number of hydrogen-bond acceptors (Lipinski definition) is 4. The average molecular weight is 292 g/mol. The zero-order valence-corrected chi connectivity index (χ0v) is 12.4. The highest BCUT2D eigenvalue weighted by Crippen LogP contribution is 2.11. The fourth-order valence-electron chi connectivity index (χ4n) is 2.35. The molecule has 2 heterocycles. The van der Waals surface area contributed by atoms with Crippen LogP contribution in [0.25, 0.3) is 0 Å². The zero-order chi connectivity index (χ0) is 15.4. The first-order valence-corrected chi connectivity index (χ1v) is 6.96. The van der Waals surface area contributed by atoms with Crippen LogP contribution in [0.3, 0.4) is 0 Å². The van der Waals surface area contributed by atoms with Crippen LogP contribution < -0.4 is 16.0 Å². The fraction of sp³-hybridized carbons (Fsp3) is 0.538. The van der Waals surface area contributed by atoms with Gasteiger partial charge in [0, 0.05) is 25.2 Å². The molecule has 0 unspecified atom stereocenters. The second-order valence-corrected chi connectivity index (χ2v) is 4.90. The summed E-state index contributed by atoms with van der Waals surface area (Å²) >= 11 is 0. The van der Waals surface area contributed by atoms with Crippen LogP contribution in [0.4, 0.5) is 4.79 Å². The van der Waals surface area contributed by atoms with Gasteiger partial charge in [-0.3, -0.25) is 4.79 Å². The van der Waals surface area contributed by atoms with E-state index >= 15 is 0 Å². The van der Waals surface area contributed by atoms with Crippen molar-refractivity contribution in [2.75, 3.05) is 6.54 Å². The van der Waals surface area contributed by atoms with Gasteiger partial charge in [-0.1, -0.05) is 0 Å². The van der Waals surface area contributed by atoms with E-state index in [0.29, 0.717) is 24.2 Å². The molecule has 0 saturated carbocycles. The SMILES string of the molecule is CCn1cnnc1CCNC(=O)C1=C(C)NC(=O)N[C@H]1C. The molecule has 3 amide bonds. The molecule has 1 aliphatic rings. The molecule has 3 N–H and O–H groups in total. The molecule has 0 bridgehead atoms. The van der Waals surface area contributed by atoms with Crippen LogP contribution in [-0.2, 0) is 17.8 Å². The smallest absolute Gasteiger partial charge is 0.319 e. The van der Waals surface area contributed by atoms with Gasteiger partial charge in [-0.05, 0) is 20.8 Å². The number of carbonyl (C=O) groups excluding carboxylic acids is 2. The highest BCUT2D eigenvalue weighted by atomic mass is 16.2. The molecular formula is C13H20N6O2. The normalized spacial score (nSPS) is 18.2. The first-order valence-electron chi connectivity index (χ1n) is 6.96. The minimum absolute atomic E-state index is 0.185. The van der Waals surface area contributed by atoms with Crippen molar-refractivity contribution in [1.82, 2.24) is 30.7 Å². The summed E-state index contributed by atoms with van der Waals surface area (Å²) in [7, 11) is 0. The van der Waals surface area contributed by atoms with E-state index in [1.165, 1.54) is 0 Å². The summed E-state index contributed by atoms with van der Waals surface area (Å²) in [5.74, 6) is 0.654. The molecule has 0 fully saturated rings. The molecule has 0 aromatic carbocycles. The van der Waals surface area contributed by atoms with Gasteiger partial charge >= 0.3 is 6.03 Å². The molecule has 8 nitrogen and oxygen atoms in total. The summed E-state index contributed by atoms with van der Waals surface area (Å²) in [4.78, 5) is 23.5. The molecule has 1 aromatic rings. The Balaban J connectivity index is 1.93. The Labute approximate surface area is 123 Å². The quantitative estimate of drug-likeness (QED) is 0.707. The Morgan fingerprint density at radius 3 is 2.95 bits per heavy atom. The third kappa shape index (κ3) is 3.39. The highest BCUT2D eigenvalue weighted by Gasteiger charge is 2.26. The summed E-state index contributed by atoms with van der Waals surface area (Å²) in [6.45, 7) is 6.78. The van der Waals surface area contributed by atoms with Crippen LogP contribution in [0.15, 0.2) is 17.6 Å². The summed E-state index contributed by atoms with van der Waals surface area (Å²) < 4.78 is 1.93. The van der Waals surface area contributed by atoms with Crippen molar-refractivity contribution in [2.24, 2.45) is 0 Å². The van der Waals surface area contributed by atoms with Gasteiger partial charge in [-0.2, -0.15) is 0 Å². The summed E-state index contributed by atoms with van der Waals surface area (Å²) in [6.07, 6.45) is 2.28. The standard InChI is InChI=1S/C13H20N6O2/c1-4-19-7-15-18-10(19)5-6-14-12(20)11-8(2)16-13(21)17-9(11)3/h7-8H,4-6H2,1-3H3,(H,14,20)(H2,16,17,21)/t8-/m0/s1. The molecular weight excluding hydrogens is 272 g/mol. The monoisotopic (exact) mass is 292 g/mol. The Bertz CT molecular complexity index is 577. The summed E-state index contributed by atoms with van der Waals surface area (Å²) in [5.41, 5.74) is 1.13. The first kappa shape index (κ1) is 15.0. The number of carbonyl (C=O) groups is 2. The van der Waals surface area contributed by atoms with Crippen molar-refractivity contribution in [2.45, 2.75) is 39.8 Å². The lowest BCUT2D eigenvalue weighted by atomic mass is 10.0. The summed E-state index contributed by atoms with van der Waals surface area (Å²) in [5, 5.41) is 16.0. The maximum atomic E-state index is 12.2. The van der Waals surface area contributed by atoms with E-state index in [4.69, 9.17) is 0 Å². The Morgan fingerprint density at radius 1 is 1.52 bits per heavy atom. The number of rotatable bonds is 5. The minimum atomic E-state index is -0.307. The molecule has 1 atom stereocenters. The van der Waals surface area contributed by atoms with Gasteiger partial charge in [0.15, 0.2) is 0 Å². The number of allylic oxidation sites excluding steroid dienone is 1. The van der Waals surface area contributed by atoms with Crippen LogP contribution in [0, 0.1) is 0 Å². The lowest BCUT2D eigenvalue weighted by molar-refractivity contribution is -0.117. The molecule has 2 rings (SSSR count). The predicted octanol–water partition coefficient (Wildman–Crippen LogP) is -0.0680. The molecule has 114 valence electrons. The van der Waals surface area contributed by atoms with Gasteiger partial charge in [0.05, 0.1) is 11.6 Å². The van der Waals surface area contributed by atoms with E-state index < -0.39 is 0 Å². The van der Waals surface area contributed by atoms with Crippen LogP contribution >= 0.6 is 0 Å². The van der Waals surface area contributed by atoms with Crippen LogP contribution in [-0.4, -0.2) is 39.3 Å². The van der Waals surface area contributed by atoms with Gasteiger partial charge < -0.3 is 20.5 Å². The minimum Gasteiger partial charge on any atom is -0.352 e. The van der Waals surface area contributed by atoms with Crippen LogP contribution in [0.1, 0.15) is 26.6 Å². The molecule has 0 radical (unpaired) electrons. The van der Waals surface area contributed by atoms with Crippen LogP contribution in [0.5, 0.6) is 0 Å². The van der Waals surface area contributed by atoms with E-state index in [9.17, 15) is 9.59 Å². The van der Waals surface area contributed by atoms with Gasteiger partial charge in [-0.25, -0.2) is 4.79 Å². The predicted molar refractivity (Wildman–Crippen MR) is 76.2 cm³/mol. The largest absolute Gasteiger partial charge is 0.352 e. The van der Waals surface area contributed by atoms with Crippen molar-refractivity contribution in [1.29, 1.82) is 0 Å². The Morgan fingerprint density at radius 2 is 2.29 bits per heavy atom. The van der Waals surface area contributed by atoms with E-state index in [0.717, 1.165) is 12.4 Å². The van der Waals surface area contributed by atoms with E-state index in [-0.39, 0.29) is 18.0 Å². The lowest BCUT2D eigenvalue weighted by Gasteiger charge is -2.25. The van der Waals surface area contributed by atoms with E-state index in [2.05, 4.69) is 26.1 Å². The second kappa shape index (κ2) is 6.38.